The van der Waals surface area contributed by atoms with Crippen LogP contribution in [0.5, 0.6) is 0 Å². The number of carbonyl (C=O) groups excluding carboxylic acids is 1. The number of fused-ring (bicyclic) bond motifs is 2. The fourth-order valence-corrected chi connectivity index (χ4v) is 7.75. The van der Waals surface area contributed by atoms with Crippen LogP contribution in [0, 0.1) is 5.92 Å². The van der Waals surface area contributed by atoms with E-state index in [4.69, 9.17) is 4.74 Å². The van der Waals surface area contributed by atoms with Crippen LogP contribution < -0.4 is 5.56 Å². The number of H-pyrrole nitrogens is 1. The smallest absolute Gasteiger partial charge is 0.248 e. The van der Waals surface area contributed by atoms with E-state index in [9.17, 15) is 18.0 Å². The maximum atomic E-state index is 14.5. The minimum Gasteiger partial charge on any atom is -0.496 e. The minimum atomic E-state index is -4.08. The summed E-state index contributed by atoms with van der Waals surface area (Å²) in [5.41, 5.74) is 1.95. The van der Waals surface area contributed by atoms with Crippen molar-refractivity contribution in [1.29, 1.82) is 0 Å². The van der Waals surface area contributed by atoms with Crippen molar-refractivity contribution in [3.05, 3.63) is 111 Å². The molecule has 3 unspecified atom stereocenters. The average molecular weight is 576 g/mol. The van der Waals surface area contributed by atoms with Gasteiger partial charge in [-0.3, -0.25) is 9.59 Å². The van der Waals surface area contributed by atoms with Crippen molar-refractivity contribution < 1.29 is 17.9 Å². The zero-order valence-electron chi connectivity index (χ0n) is 21.9. The summed E-state index contributed by atoms with van der Waals surface area (Å²) in [6.45, 7) is 2.91. The quantitative estimate of drug-likeness (QED) is 0.351. The lowest BCUT2D eigenvalue weighted by Gasteiger charge is -2.38. The maximum absolute atomic E-state index is 14.5. The Kier molecular flexibility index (Phi) is 7.07. The average Bonchev–Trinajstić information content (AvgIpc) is 3.62. The number of sulfonamides is 1. The molecule has 0 radical (unpaired) electrons. The van der Waals surface area contributed by atoms with Crippen LogP contribution in [-0.2, 0) is 32.5 Å². The number of hydrogen-bond donors (Lipinski definition) is 1. The molecule has 2 aromatic heterocycles. The topological polar surface area (TPSA) is 99.8 Å². The van der Waals surface area contributed by atoms with Crippen LogP contribution in [0.4, 0.5) is 0 Å². The van der Waals surface area contributed by atoms with Crippen molar-refractivity contribution in [2.45, 2.75) is 36.9 Å². The van der Waals surface area contributed by atoms with Crippen molar-refractivity contribution in [3.8, 4) is 0 Å². The first-order valence-corrected chi connectivity index (χ1v) is 15.5. The lowest BCUT2D eigenvalue weighted by atomic mass is 9.93. The molecule has 40 heavy (non-hydrogen) atoms. The van der Waals surface area contributed by atoms with Crippen LogP contribution in [0.1, 0.15) is 29.0 Å². The zero-order valence-corrected chi connectivity index (χ0v) is 23.5. The van der Waals surface area contributed by atoms with E-state index in [2.05, 4.69) is 4.98 Å². The normalized spacial score (nSPS) is 20.8. The first-order valence-electron chi connectivity index (χ1n) is 13.2. The molecule has 10 heteroatoms. The molecule has 0 saturated carbocycles. The SMILES string of the molecule is CC1C=COC1CN(Cc1cccs1)C(=O)C1c2ccccc2CCN1S(=O)(=O)c1ccc2[nH]c(=O)ccc2c1. The van der Waals surface area contributed by atoms with Gasteiger partial charge in [-0.1, -0.05) is 37.3 Å². The number of amides is 1. The van der Waals surface area contributed by atoms with Gasteiger partial charge in [-0.15, -0.1) is 11.3 Å². The molecule has 2 aliphatic heterocycles. The number of benzene rings is 2. The third-order valence-corrected chi connectivity index (χ3v) is 10.4. The predicted molar refractivity (Wildman–Crippen MR) is 154 cm³/mol. The second kappa shape index (κ2) is 10.7. The molecule has 2 aliphatic rings. The second-order valence-electron chi connectivity index (χ2n) is 10.2. The van der Waals surface area contributed by atoms with E-state index in [0.29, 0.717) is 36.0 Å². The van der Waals surface area contributed by atoms with Crippen molar-refractivity contribution in [1.82, 2.24) is 14.2 Å². The van der Waals surface area contributed by atoms with Gasteiger partial charge in [0, 0.05) is 28.9 Å². The highest BCUT2D eigenvalue weighted by Gasteiger charge is 2.43. The molecule has 2 aromatic carbocycles. The molecule has 1 amide bonds. The van der Waals surface area contributed by atoms with E-state index in [0.717, 1.165) is 10.4 Å². The summed E-state index contributed by atoms with van der Waals surface area (Å²) >= 11 is 1.56. The molecular weight excluding hydrogens is 546 g/mol. The molecule has 4 aromatic rings. The number of thiophene rings is 1. The number of hydrogen-bond acceptors (Lipinski definition) is 6. The summed E-state index contributed by atoms with van der Waals surface area (Å²) < 4.78 is 35.6. The Balaban J connectivity index is 1.41. The highest BCUT2D eigenvalue weighted by Crippen LogP contribution is 2.37. The summed E-state index contributed by atoms with van der Waals surface area (Å²) in [6.07, 6.45) is 3.92. The molecule has 0 bridgehead atoms. The van der Waals surface area contributed by atoms with Gasteiger partial charge in [-0.05, 0) is 64.7 Å². The first-order chi connectivity index (χ1) is 19.3. The molecule has 0 fully saturated rings. The Bertz CT molecular complexity index is 1750. The Morgan fingerprint density at radius 2 is 1.98 bits per heavy atom. The van der Waals surface area contributed by atoms with E-state index in [-0.39, 0.29) is 34.9 Å². The van der Waals surface area contributed by atoms with Gasteiger partial charge in [0.2, 0.25) is 21.5 Å². The van der Waals surface area contributed by atoms with Crippen molar-refractivity contribution >= 4 is 38.2 Å². The molecule has 8 nitrogen and oxygen atoms in total. The van der Waals surface area contributed by atoms with Gasteiger partial charge < -0.3 is 14.6 Å². The summed E-state index contributed by atoms with van der Waals surface area (Å²) in [5.74, 6) is -0.155. The predicted octanol–water partition coefficient (Wildman–Crippen LogP) is 4.46. The molecule has 6 rings (SSSR count). The van der Waals surface area contributed by atoms with Gasteiger partial charge in [0.05, 0.1) is 24.2 Å². The van der Waals surface area contributed by atoms with Crippen LogP contribution in [-0.4, -0.2) is 47.7 Å². The Morgan fingerprint density at radius 3 is 2.75 bits per heavy atom. The molecule has 0 spiro atoms. The number of pyridine rings is 1. The summed E-state index contributed by atoms with van der Waals surface area (Å²) in [4.78, 5) is 31.8. The van der Waals surface area contributed by atoms with Gasteiger partial charge in [0.25, 0.3) is 0 Å². The van der Waals surface area contributed by atoms with E-state index in [1.807, 2.05) is 54.8 Å². The number of nitrogens with one attached hydrogen (secondary N) is 1. The Labute approximate surface area is 236 Å². The molecule has 0 saturated heterocycles. The van der Waals surface area contributed by atoms with E-state index in [1.54, 1.807) is 40.7 Å². The number of carbonyl (C=O) groups is 1. The van der Waals surface area contributed by atoms with Crippen LogP contribution in [0.25, 0.3) is 10.9 Å². The zero-order chi connectivity index (χ0) is 27.9. The third kappa shape index (κ3) is 4.98. The number of nitrogens with zero attached hydrogens (tertiary/aromatic N) is 2. The number of rotatable bonds is 7. The Hall–Kier alpha value is -3.73. The van der Waals surface area contributed by atoms with Crippen LogP contribution in [0.2, 0.25) is 0 Å². The summed E-state index contributed by atoms with van der Waals surface area (Å²) in [5, 5.41) is 2.56. The van der Waals surface area contributed by atoms with E-state index < -0.39 is 16.1 Å². The van der Waals surface area contributed by atoms with Gasteiger partial charge >= 0.3 is 0 Å². The molecule has 4 heterocycles. The number of aromatic amines is 1. The van der Waals surface area contributed by atoms with Gasteiger partial charge in [-0.25, -0.2) is 8.42 Å². The second-order valence-corrected chi connectivity index (χ2v) is 13.1. The van der Waals surface area contributed by atoms with Crippen LogP contribution >= 0.6 is 11.3 Å². The standard InChI is InChI=1S/C30H29N3O5S2/c1-20-13-15-38-27(20)19-32(18-23-6-4-16-39-23)30(35)29-25-7-3-2-5-21(25)12-14-33(29)40(36,37)24-9-10-26-22(17-24)8-11-28(34)31-26/h2-11,13,15-17,20,27,29H,12,14,18-19H2,1H3,(H,31,34). The number of ether oxygens (including phenoxy) is 1. The van der Waals surface area contributed by atoms with Crippen LogP contribution in [0.15, 0.2) is 94.1 Å². The minimum absolute atomic E-state index is 0.0750. The highest BCUT2D eigenvalue weighted by molar-refractivity contribution is 7.89. The van der Waals surface area contributed by atoms with Crippen LogP contribution in [0.3, 0.4) is 0 Å². The van der Waals surface area contributed by atoms with Gasteiger partial charge in [0.15, 0.2) is 0 Å². The molecule has 3 atom stereocenters. The lowest BCUT2D eigenvalue weighted by Crippen LogP contribution is -2.50. The monoisotopic (exact) mass is 575 g/mol. The fourth-order valence-electron chi connectivity index (χ4n) is 5.43. The number of aromatic nitrogens is 1. The van der Waals surface area contributed by atoms with Crippen molar-refractivity contribution in [2.75, 3.05) is 13.1 Å². The molecule has 0 aliphatic carbocycles. The molecule has 206 valence electrons. The van der Waals surface area contributed by atoms with Crippen molar-refractivity contribution in [2.24, 2.45) is 5.92 Å². The van der Waals surface area contributed by atoms with Crippen molar-refractivity contribution in [3.63, 3.8) is 0 Å². The summed E-state index contributed by atoms with van der Waals surface area (Å²) in [7, 11) is -4.08. The lowest BCUT2D eigenvalue weighted by molar-refractivity contribution is -0.138. The fraction of sp³-hybridized carbons (Fsp3) is 0.267. The molecular formula is C30H29N3O5S2. The summed E-state index contributed by atoms with van der Waals surface area (Å²) in [6, 6.07) is 18.1. The third-order valence-electron chi connectivity index (χ3n) is 7.64. The van der Waals surface area contributed by atoms with Gasteiger partial charge in [0.1, 0.15) is 12.1 Å². The molecule has 1 N–H and O–H groups in total. The largest absolute Gasteiger partial charge is 0.496 e. The first kappa shape index (κ1) is 26.5. The maximum Gasteiger partial charge on any atom is 0.248 e. The highest BCUT2D eigenvalue weighted by atomic mass is 32.2. The van der Waals surface area contributed by atoms with E-state index in [1.165, 1.54) is 16.4 Å². The van der Waals surface area contributed by atoms with E-state index >= 15 is 0 Å². The van der Waals surface area contributed by atoms with Gasteiger partial charge in [-0.2, -0.15) is 4.31 Å². The Morgan fingerprint density at radius 1 is 1.12 bits per heavy atom.